The summed E-state index contributed by atoms with van der Waals surface area (Å²) in [6.45, 7) is 0. The zero-order valence-corrected chi connectivity index (χ0v) is 10.1. The predicted octanol–water partition coefficient (Wildman–Crippen LogP) is 3.63. The van der Waals surface area contributed by atoms with Crippen molar-refractivity contribution in [1.82, 2.24) is 9.38 Å². The largest absolute Gasteiger partial charge is 0.306 e. The molecule has 0 aliphatic rings. The van der Waals surface area contributed by atoms with E-state index in [1.807, 2.05) is 40.7 Å². The van der Waals surface area contributed by atoms with Gasteiger partial charge in [0, 0.05) is 29.2 Å². The number of benzene rings is 1. The maximum absolute atomic E-state index is 4.23. The second-order valence-corrected chi connectivity index (χ2v) is 4.88. The molecule has 3 heteroatoms. The van der Waals surface area contributed by atoms with Crippen molar-refractivity contribution >= 4 is 17.4 Å². The zero-order chi connectivity index (χ0) is 11.5. The predicted molar refractivity (Wildman–Crippen MR) is 71.2 cm³/mol. The molecule has 3 rings (SSSR count). The lowest BCUT2D eigenvalue weighted by molar-refractivity contribution is 1.13. The van der Waals surface area contributed by atoms with E-state index in [4.69, 9.17) is 0 Å². The van der Waals surface area contributed by atoms with Crippen molar-refractivity contribution in [2.75, 3.05) is 0 Å². The Morgan fingerprint density at radius 2 is 1.94 bits per heavy atom. The average molecular weight is 240 g/mol. The highest BCUT2D eigenvalue weighted by Crippen LogP contribution is 2.22. The number of pyridine rings is 1. The van der Waals surface area contributed by atoms with Crippen LogP contribution < -0.4 is 0 Å². The van der Waals surface area contributed by atoms with Crippen molar-refractivity contribution in [3.05, 3.63) is 66.6 Å². The molecular weight excluding hydrogens is 228 g/mol. The van der Waals surface area contributed by atoms with Crippen LogP contribution in [0, 0.1) is 0 Å². The van der Waals surface area contributed by atoms with Gasteiger partial charge in [0.05, 0.1) is 0 Å². The van der Waals surface area contributed by atoms with E-state index >= 15 is 0 Å². The molecule has 0 aliphatic heterocycles. The van der Waals surface area contributed by atoms with Crippen LogP contribution in [0.1, 0.15) is 5.56 Å². The first-order valence-corrected chi connectivity index (χ1v) is 6.50. The minimum absolute atomic E-state index is 0.995. The first-order valence-electron chi connectivity index (χ1n) is 5.51. The van der Waals surface area contributed by atoms with Crippen molar-refractivity contribution in [3.8, 4) is 0 Å². The molecule has 84 valence electrons. The van der Waals surface area contributed by atoms with Gasteiger partial charge in [-0.25, -0.2) is 4.98 Å². The molecule has 0 radical (unpaired) electrons. The summed E-state index contributed by atoms with van der Waals surface area (Å²) >= 11 is 1.84. The third-order valence-electron chi connectivity index (χ3n) is 2.61. The molecule has 0 unspecified atom stereocenters. The molecule has 1 aromatic carbocycles. The minimum atomic E-state index is 0.995. The molecule has 0 spiro atoms. The number of nitrogens with zero attached hydrogens (tertiary/aromatic N) is 2. The highest BCUT2D eigenvalue weighted by molar-refractivity contribution is 7.98. The van der Waals surface area contributed by atoms with Crippen LogP contribution in [-0.4, -0.2) is 9.38 Å². The Bertz CT molecular complexity index is 616. The second kappa shape index (κ2) is 4.63. The van der Waals surface area contributed by atoms with E-state index in [9.17, 15) is 0 Å². The van der Waals surface area contributed by atoms with Crippen molar-refractivity contribution in [2.45, 2.75) is 10.6 Å². The summed E-state index contributed by atoms with van der Waals surface area (Å²) in [5.41, 5.74) is 2.34. The van der Waals surface area contributed by atoms with Gasteiger partial charge in [0.2, 0.25) is 0 Å². The molecular formula is C14H12N2S. The van der Waals surface area contributed by atoms with Gasteiger partial charge in [-0.2, -0.15) is 0 Å². The number of aromatic nitrogens is 2. The summed E-state index contributed by atoms with van der Waals surface area (Å²) < 4.78 is 2.05. The fraction of sp³-hybridized carbons (Fsp3) is 0.0714. The number of hydrogen-bond acceptors (Lipinski definition) is 2. The Hall–Kier alpha value is -1.74. The van der Waals surface area contributed by atoms with E-state index in [0.29, 0.717) is 0 Å². The third kappa shape index (κ3) is 2.34. The Morgan fingerprint density at radius 1 is 1.06 bits per heavy atom. The van der Waals surface area contributed by atoms with Gasteiger partial charge in [0.1, 0.15) is 5.65 Å². The smallest absolute Gasteiger partial charge is 0.136 e. The minimum Gasteiger partial charge on any atom is -0.306 e. The zero-order valence-electron chi connectivity index (χ0n) is 9.28. The standard InChI is InChI=1S/C14H12N2S/c1-2-4-12(5-3-1)11-17-13-6-7-14-15-8-9-16(14)10-13/h1-10H,11H2. The van der Waals surface area contributed by atoms with Crippen LogP contribution in [-0.2, 0) is 5.75 Å². The number of imidazole rings is 1. The summed E-state index contributed by atoms with van der Waals surface area (Å²) in [5.74, 6) is 1.00. The van der Waals surface area contributed by atoms with Crippen LogP contribution in [0.3, 0.4) is 0 Å². The molecule has 0 bridgehead atoms. The highest BCUT2D eigenvalue weighted by Gasteiger charge is 1.98. The topological polar surface area (TPSA) is 17.3 Å². The average Bonchev–Trinajstić information content (AvgIpc) is 2.85. The molecule has 0 aliphatic carbocycles. The first-order chi connectivity index (χ1) is 8.42. The lowest BCUT2D eigenvalue weighted by Crippen LogP contribution is -1.84. The van der Waals surface area contributed by atoms with E-state index in [0.717, 1.165) is 11.4 Å². The Labute approximate surface area is 104 Å². The summed E-state index contributed by atoms with van der Waals surface area (Å²) in [6.07, 6.45) is 5.92. The van der Waals surface area contributed by atoms with Gasteiger partial charge >= 0.3 is 0 Å². The molecule has 0 amide bonds. The van der Waals surface area contributed by atoms with E-state index in [1.54, 1.807) is 0 Å². The van der Waals surface area contributed by atoms with E-state index in [1.165, 1.54) is 10.5 Å². The molecule has 17 heavy (non-hydrogen) atoms. The maximum Gasteiger partial charge on any atom is 0.136 e. The van der Waals surface area contributed by atoms with Gasteiger partial charge in [-0.1, -0.05) is 30.3 Å². The van der Waals surface area contributed by atoms with Crippen LogP contribution in [0.15, 0.2) is 66.0 Å². The quantitative estimate of drug-likeness (QED) is 0.650. The number of hydrogen-bond donors (Lipinski definition) is 0. The third-order valence-corrected chi connectivity index (χ3v) is 3.66. The SMILES string of the molecule is c1ccc(CSc2ccc3nccn3c2)cc1. The summed E-state index contributed by atoms with van der Waals surface area (Å²) in [4.78, 5) is 5.50. The molecule has 2 nitrogen and oxygen atoms in total. The Balaban J connectivity index is 1.76. The Morgan fingerprint density at radius 3 is 2.82 bits per heavy atom. The summed E-state index contributed by atoms with van der Waals surface area (Å²) in [5, 5.41) is 0. The highest BCUT2D eigenvalue weighted by atomic mass is 32.2. The van der Waals surface area contributed by atoms with Gasteiger partial charge in [0.15, 0.2) is 0 Å². The lowest BCUT2D eigenvalue weighted by Gasteiger charge is -2.02. The van der Waals surface area contributed by atoms with Crippen molar-refractivity contribution < 1.29 is 0 Å². The summed E-state index contributed by atoms with van der Waals surface area (Å²) in [7, 11) is 0. The van der Waals surface area contributed by atoms with Crippen molar-refractivity contribution in [3.63, 3.8) is 0 Å². The van der Waals surface area contributed by atoms with Gasteiger partial charge in [-0.3, -0.25) is 0 Å². The van der Waals surface area contributed by atoms with Crippen LogP contribution in [0.4, 0.5) is 0 Å². The lowest BCUT2D eigenvalue weighted by atomic mass is 10.2. The second-order valence-electron chi connectivity index (χ2n) is 3.83. The van der Waals surface area contributed by atoms with Gasteiger partial charge < -0.3 is 4.40 Å². The monoisotopic (exact) mass is 240 g/mol. The van der Waals surface area contributed by atoms with Crippen LogP contribution in [0.25, 0.3) is 5.65 Å². The van der Waals surface area contributed by atoms with Crippen LogP contribution in [0.2, 0.25) is 0 Å². The molecule has 0 N–H and O–H groups in total. The first kappa shape index (κ1) is 10.4. The molecule has 2 aromatic heterocycles. The molecule has 0 atom stereocenters. The van der Waals surface area contributed by atoms with Gasteiger partial charge in [-0.15, -0.1) is 11.8 Å². The normalized spacial score (nSPS) is 10.8. The van der Waals surface area contributed by atoms with E-state index in [-0.39, 0.29) is 0 Å². The molecule has 0 fully saturated rings. The van der Waals surface area contributed by atoms with Crippen molar-refractivity contribution in [2.24, 2.45) is 0 Å². The fourth-order valence-electron chi connectivity index (χ4n) is 1.73. The number of thioether (sulfide) groups is 1. The summed E-state index contributed by atoms with van der Waals surface area (Å²) in [6, 6.07) is 14.7. The molecule has 0 saturated heterocycles. The van der Waals surface area contributed by atoms with Crippen LogP contribution in [0.5, 0.6) is 0 Å². The molecule has 3 aromatic rings. The number of rotatable bonds is 3. The van der Waals surface area contributed by atoms with Gasteiger partial charge in [-0.05, 0) is 17.7 Å². The number of fused-ring (bicyclic) bond motifs is 1. The van der Waals surface area contributed by atoms with E-state index < -0.39 is 0 Å². The Kier molecular flexibility index (Phi) is 2.84. The fourth-order valence-corrected chi connectivity index (χ4v) is 2.60. The maximum atomic E-state index is 4.23. The van der Waals surface area contributed by atoms with E-state index in [2.05, 4.69) is 41.5 Å². The van der Waals surface area contributed by atoms with Crippen molar-refractivity contribution in [1.29, 1.82) is 0 Å². The molecule has 0 saturated carbocycles. The molecule has 2 heterocycles. The van der Waals surface area contributed by atoms with Gasteiger partial charge in [0.25, 0.3) is 0 Å². The van der Waals surface area contributed by atoms with Crippen LogP contribution >= 0.6 is 11.8 Å².